The zero-order chi connectivity index (χ0) is 19.4. The van der Waals surface area contributed by atoms with Crippen molar-refractivity contribution in [3.63, 3.8) is 0 Å². The van der Waals surface area contributed by atoms with Gasteiger partial charge in [-0.05, 0) is 32.9 Å². The predicted octanol–water partition coefficient (Wildman–Crippen LogP) is 2.05. The first-order chi connectivity index (χ1) is 11.5. The molecule has 1 aromatic rings. The highest BCUT2D eigenvalue weighted by Gasteiger charge is 2.28. The van der Waals surface area contributed by atoms with Crippen LogP contribution in [-0.4, -0.2) is 54.8 Å². The molecule has 0 aliphatic carbocycles. The van der Waals surface area contributed by atoms with Crippen LogP contribution in [0.2, 0.25) is 0 Å². The van der Waals surface area contributed by atoms with Crippen LogP contribution in [0.4, 0.5) is 4.79 Å². The molecule has 0 bridgehead atoms. The van der Waals surface area contributed by atoms with Crippen LogP contribution < -0.4 is 10.1 Å². The van der Waals surface area contributed by atoms with Crippen molar-refractivity contribution in [1.82, 2.24) is 10.2 Å². The normalized spacial score (nSPS) is 12.1. The van der Waals surface area contributed by atoms with Crippen LogP contribution in [0.15, 0.2) is 18.2 Å². The second kappa shape index (κ2) is 7.87. The van der Waals surface area contributed by atoms with Gasteiger partial charge >= 0.3 is 12.1 Å². The molecule has 8 heteroatoms. The number of hydrogen-bond donors (Lipinski definition) is 2. The Morgan fingerprint density at radius 3 is 2.24 bits per heavy atom. The van der Waals surface area contributed by atoms with Crippen molar-refractivity contribution in [2.45, 2.75) is 32.4 Å². The third-order valence-electron chi connectivity index (χ3n) is 3.11. The summed E-state index contributed by atoms with van der Waals surface area (Å²) >= 11 is 0. The van der Waals surface area contributed by atoms with E-state index in [4.69, 9.17) is 9.47 Å². The van der Waals surface area contributed by atoms with Crippen molar-refractivity contribution in [1.29, 1.82) is 0 Å². The molecule has 1 rings (SSSR count). The Bertz CT molecular complexity index is 664. The van der Waals surface area contributed by atoms with E-state index >= 15 is 0 Å². The predicted molar refractivity (Wildman–Crippen MR) is 90.8 cm³/mol. The molecule has 2 N–H and O–H groups in total. The van der Waals surface area contributed by atoms with Crippen LogP contribution in [-0.2, 0) is 9.53 Å². The molecule has 0 radical (unpaired) electrons. The molecule has 0 unspecified atom stereocenters. The van der Waals surface area contributed by atoms with Crippen LogP contribution >= 0.6 is 0 Å². The highest BCUT2D eigenvalue weighted by atomic mass is 16.6. The first-order valence-electron chi connectivity index (χ1n) is 7.58. The number of carbonyl (C=O) groups is 3. The molecule has 0 heterocycles. The van der Waals surface area contributed by atoms with E-state index in [2.05, 4.69) is 5.32 Å². The molecule has 1 atom stereocenters. The molecular weight excluding hydrogens is 328 g/mol. The molecule has 0 saturated carbocycles. The lowest BCUT2D eigenvalue weighted by Crippen LogP contribution is -2.38. The smallest absolute Gasteiger partial charge is 0.408 e. The van der Waals surface area contributed by atoms with Crippen LogP contribution in [0.3, 0.4) is 0 Å². The van der Waals surface area contributed by atoms with E-state index in [1.807, 2.05) is 0 Å². The molecule has 0 aliphatic heterocycles. The monoisotopic (exact) mass is 352 g/mol. The summed E-state index contributed by atoms with van der Waals surface area (Å²) in [5.41, 5.74) is -0.220. The number of nitrogens with zero attached hydrogens (tertiary/aromatic N) is 1. The summed E-state index contributed by atoms with van der Waals surface area (Å²) in [6.07, 6.45) is -0.865. The molecule has 2 amide bonds. The summed E-state index contributed by atoms with van der Waals surface area (Å²) in [7, 11) is 4.56. The number of benzene rings is 1. The Hall–Kier alpha value is -2.77. The van der Waals surface area contributed by atoms with E-state index in [1.54, 1.807) is 34.9 Å². The number of rotatable bonds is 5. The van der Waals surface area contributed by atoms with Crippen LogP contribution in [0.25, 0.3) is 0 Å². The lowest BCUT2D eigenvalue weighted by atomic mass is 10.0. The minimum atomic E-state index is -1.38. The Balaban J connectivity index is 3.17. The van der Waals surface area contributed by atoms with Gasteiger partial charge in [0, 0.05) is 25.2 Å². The zero-order valence-electron chi connectivity index (χ0n) is 15.2. The van der Waals surface area contributed by atoms with Gasteiger partial charge in [-0.25, -0.2) is 9.59 Å². The lowest BCUT2D eigenvalue weighted by molar-refractivity contribution is -0.139. The largest absolute Gasteiger partial charge is 0.496 e. The number of nitrogens with one attached hydrogen (secondary N) is 1. The first-order valence-corrected chi connectivity index (χ1v) is 7.58. The molecular formula is C17H24N2O6. The van der Waals surface area contributed by atoms with Gasteiger partial charge in [-0.2, -0.15) is 0 Å². The van der Waals surface area contributed by atoms with Gasteiger partial charge in [0.25, 0.3) is 5.91 Å². The number of carbonyl (C=O) groups excluding carboxylic acids is 2. The second-order valence-electron chi connectivity index (χ2n) is 6.57. The maximum absolute atomic E-state index is 12.0. The quantitative estimate of drug-likeness (QED) is 0.840. The number of alkyl carbamates (subject to hydrolysis) is 1. The Labute approximate surface area is 146 Å². The van der Waals surface area contributed by atoms with Gasteiger partial charge in [0.1, 0.15) is 11.4 Å². The molecule has 8 nitrogen and oxygen atoms in total. The third-order valence-corrected chi connectivity index (χ3v) is 3.11. The first kappa shape index (κ1) is 20.3. The Morgan fingerprint density at radius 1 is 1.20 bits per heavy atom. The lowest BCUT2D eigenvalue weighted by Gasteiger charge is -2.23. The summed E-state index contributed by atoms with van der Waals surface area (Å²) < 4.78 is 10.3. The van der Waals surface area contributed by atoms with E-state index in [1.165, 1.54) is 30.2 Å². The fourth-order valence-electron chi connectivity index (χ4n) is 2.04. The van der Waals surface area contributed by atoms with Crippen molar-refractivity contribution >= 4 is 18.0 Å². The molecule has 0 aromatic heterocycles. The van der Waals surface area contributed by atoms with Crippen molar-refractivity contribution in [3.05, 3.63) is 29.3 Å². The molecule has 1 aromatic carbocycles. The van der Waals surface area contributed by atoms with E-state index in [0.29, 0.717) is 5.56 Å². The average Bonchev–Trinajstić information content (AvgIpc) is 2.49. The van der Waals surface area contributed by atoms with Gasteiger partial charge in [0.05, 0.1) is 7.11 Å². The number of hydrogen-bond acceptors (Lipinski definition) is 5. The van der Waals surface area contributed by atoms with Gasteiger partial charge in [-0.15, -0.1) is 0 Å². The fourth-order valence-corrected chi connectivity index (χ4v) is 2.04. The fraction of sp³-hybridized carbons (Fsp3) is 0.471. The van der Waals surface area contributed by atoms with Crippen molar-refractivity contribution in [2.75, 3.05) is 21.2 Å². The van der Waals surface area contributed by atoms with Gasteiger partial charge in [-0.3, -0.25) is 4.79 Å². The van der Waals surface area contributed by atoms with Gasteiger partial charge < -0.3 is 24.8 Å². The number of methoxy groups -OCH3 is 1. The topological polar surface area (TPSA) is 105 Å². The Kier molecular flexibility index (Phi) is 6.38. The van der Waals surface area contributed by atoms with Crippen LogP contribution in [0.1, 0.15) is 42.7 Å². The standard InChI is InChI=1S/C17H24N2O6/c1-17(2,3)25-16(23)18-13(15(21)22)11-8-7-10(9-12(11)24-6)14(20)19(4)5/h7-9,13H,1-6H3,(H,18,23)(H,21,22)/t13-/m1/s1. The summed E-state index contributed by atoms with van der Waals surface area (Å²) in [5.74, 6) is -1.36. The molecule has 25 heavy (non-hydrogen) atoms. The van der Waals surface area contributed by atoms with Crippen LogP contribution in [0.5, 0.6) is 5.75 Å². The molecule has 0 saturated heterocycles. The number of amides is 2. The Morgan fingerprint density at radius 2 is 1.80 bits per heavy atom. The second-order valence-corrected chi connectivity index (χ2v) is 6.57. The highest BCUT2D eigenvalue weighted by Crippen LogP contribution is 2.27. The van der Waals surface area contributed by atoms with Crippen LogP contribution in [0, 0.1) is 0 Å². The van der Waals surface area contributed by atoms with E-state index < -0.39 is 23.7 Å². The summed E-state index contributed by atoms with van der Waals surface area (Å²) in [5, 5.41) is 11.8. The maximum Gasteiger partial charge on any atom is 0.408 e. The van der Waals surface area contributed by atoms with E-state index in [-0.39, 0.29) is 17.2 Å². The molecule has 0 fully saturated rings. The van der Waals surface area contributed by atoms with E-state index in [0.717, 1.165) is 0 Å². The number of carboxylic acid groups (broad SMARTS) is 1. The van der Waals surface area contributed by atoms with Crippen molar-refractivity contribution in [2.24, 2.45) is 0 Å². The average molecular weight is 352 g/mol. The van der Waals surface area contributed by atoms with Crippen molar-refractivity contribution < 1.29 is 29.0 Å². The summed E-state index contributed by atoms with van der Waals surface area (Å²) in [6.45, 7) is 5.01. The third kappa shape index (κ3) is 5.66. The minimum Gasteiger partial charge on any atom is -0.496 e. The SMILES string of the molecule is COc1cc(C(=O)N(C)C)ccc1[C@@H](NC(=O)OC(C)(C)C)C(=O)O. The van der Waals surface area contributed by atoms with Gasteiger partial charge in [0.2, 0.25) is 0 Å². The minimum absolute atomic E-state index is 0.177. The van der Waals surface area contributed by atoms with Gasteiger partial charge in [0.15, 0.2) is 6.04 Å². The molecule has 0 aliphatic rings. The number of carboxylic acids is 1. The maximum atomic E-state index is 12.0. The molecule has 0 spiro atoms. The molecule has 138 valence electrons. The highest BCUT2D eigenvalue weighted by molar-refractivity contribution is 5.94. The van der Waals surface area contributed by atoms with Crippen molar-refractivity contribution in [3.8, 4) is 5.75 Å². The summed E-state index contributed by atoms with van der Waals surface area (Å²) in [4.78, 5) is 36.9. The number of aliphatic carboxylic acids is 1. The van der Waals surface area contributed by atoms with Gasteiger partial charge in [-0.1, -0.05) is 6.07 Å². The summed E-state index contributed by atoms with van der Waals surface area (Å²) in [6, 6.07) is 2.97. The zero-order valence-corrected chi connectivity index (χ0v) is 15.2. The van der Waals surface area contributed by atoms with E-state index in [9.17, 15) is 19.5 Å². The number of ether oxygens (including phenoxy) is 2.